The van der Waals surface area contributed by atoms with E-state index < -0.39 is 4.92 Å². The van der Waals surface area contributed by atoms with Crippen LogP contribution < -0.4 is 10.7 Å². The standard InChI is InChI=1S/C13H12N4O3S/c18-17(19)12-6-2-1-4-10(12)8-15-16-13(21)14-9-11-5-3-7-20-11/h1-8H,9H2,(H2,14,16,21)/b15-8-. The largest absolute Gasteiger partial charge is 0.467 e. The van der Waals surface area contributed by atoms with Crippen LogP contribution in [0.2, 0.25) is 0 Å². The summed E-state index contributed by atoms with van der Waals surface area (Å²) >= 11 is 5.02. The number of hydrazone groups is 1. The highest BCUT2D eigenvalue weighted by Crippen LogP contribution is 2.14. The van der Waals surface area contributed by atoms with Gasteiger partial charge >= 0.3 is 0 Å². The van der Waals surface area contributed by atoms with E-state index in [-0.39, 0.29) is 5.69 Å². The number of para-hydroxylation sites is 1. The lowest BCUT2D eigenvalue weighted by atomic mass is 10.2. The minimum Gasteiger partial charge on any atom is -0.467 e. The SMILES string of the molecule is O=[N+]([O-])c1ccccc1/C=N\NC(=S)NCc1ccco1. The van der Waals surface area contributed by atoms with E-state index >= 15 is 0 Å². The zero-order valence-electron chi connectivity index (χ0n) is 10.9. The Balaban J connectivity index is 1.87. The Morgan fingerprint density at radius 2 is 2.19 bits per heavy atom. The lowest BCUT2D eigenvalue weighted by Crippen LogP contribution is -2.31. The van der Waals surface area contributed by atoms with Gasteiger partial charge in [0.15, 0.2) is 5.11 Å². The van der Waals surface area contributed by atoms with E-state index in [1.165, 1.54) is 12.3 Å². The summed E-state index contributed by atoms with van der Waals surface area (Å²) in [7, 11) is 0. The number of hydrogen-bond donors (Lipinski definition) is 2. The van der Waals surface area contributed by atoms with E-state index in [4.69, 9.17) is 16.6 Å². The average Bonchev–Trinajstić information content (AvgIpc) is 2.99. The summed E-state index contributed by atoms with van der Waals surface area (Å²) < 4.78 is 5.14. The van der Waals surface area contributed by atoms with E-state index in [9.17, 15) is 10.1 Å². The van der Waals surface area contributed by atoms with Crippen LogP contribution in [-0.4, -0.2) is 16.3 Å². The highest BCUT2D eigenvalue weighted by Gasteiger charge is 2.09. The van der Waals surface area contributed by atoms with Crippen molar-refractivity contribution >= 4 is 29.2 Å². The van der Waals surface area contributed by atoms with Crippen molar-refractivity contribution in [2.75, 3.05) is 0 Å². The summed E-state index contributed by atoms with van der Waals surface area (Å²) in [6.45, 7) is 0.430. The molecular weight excluding hydrogens is 292 g/mol. The fraction of sp³-hybridized carbons (Fsp3) is 0.0769. The fourth-order valence-corrected chi connectivity index (χ4v) is 1.67. The van der Waals surface area contributed by atoms with Crippen molar-refractivity contribution < 1.29 is 9.34 Å². The molecule has 0 fully saturated rings. The van der Waals surface area contributed by atoms with Crippen molar-refractivity contribution in [1.82, 2.24) is 10.7 Å². The molecule has 0 amide bonds. The van der Waals surface area contributed by atoms with Crippen molar-refractivity contribution in [3.63, 3.8) is 0 Å². The second kappa shape index (κ2) is 7.15. The Bertz CT molecular complexity index is 655. The minimum absolute atomic E-state index is 0.0162. The molecule has 0 saturated heterocycles. The van der Waals surface area contributed by atoms with Gasteiger partial charge in [-0.3, -0.25) is 15.5 Å². The molecule has 2 N–H and O–H groups in total. The number of rotatable bonds is 5. The average molecular weight is 304 g/mol. The Hall–Kier alpha value is -2.74. The number of nitrogens with zero attached hydrogens (tertiary/aromatic N) is 2. The van der Waals surface area contributed by atoms with Crippen molar-refractivity contribution in [3.8, 4) is 0 Å². The highest BCUT2D eigenvalue weighted by molar-refractivity contribution is 7.80. The molecule has 2 rings (SSSR count). The predicted molar refractivity (Wildman–Crippen MR) is 82.0 cm³/mol. The van der Waals surface area contributed by atoms with Gasteiger partial charge in [-0.25, -0.2) is 0 Å². The van der Waals surface area contributed by atoms with Crippen LogP contribution in [0.3, 0.4) is 0 Å². The number of nitro groups is 1. The Kier molecular flexibility index (Phi) is 4.99. The maximum atomic E-state index is 10.8. The quantitative estimate of drug-likeness (QED) is 0.381. The first-order chi connectivity index (χ1) is 10.2. The minimum atomic E-state index is -0.463. The molecular formula is C13H12N4O3S. The lowest BCUT2D eigenvalue weighted by molar-refractivity contribution is -0.385. The van der Waals surface area contributed by atoms with Crippen molar-refractivity contribution in [2.24, 2.45) is 5.10 Å². The smallest absolute Gasteiger partial charge is 0.278 e. The molecule has 108 valence electrons. The first kappa shape index (κ1) is 14.7. The summed E-state index contributed by atoms with van der Waals surface area (Å²) in [5, 5.41) is 17.9. The molecule has 21 heavy (non-hydrogen) atoms. The van der Waals surface area contributed by atoms with Gasteiger partial charge < -0.3 is 9.73 Å². The van der Waals surface area contributed by atoms with Crippen LogP contribution >= 0.6 is 12.2 Å². The molecule has 0 bridgehead atoms. The molecule has 0 spiro atoms. The van der Waals surface area contributed by atoms with Gasteiger partial charge in [-0.05, 0) is 30.4 Å². The van der Waals surface area contributed by atoms with Crippen LogP contribution in [-0.2, 0) is 6.54 Å². The van der Waals surface area contributed by atoms with Gasteiger partial charge in [-0.2, -0.15) is 5.10 Å². The molecule has 0 saturated carbocycles. The molecule has 1 heterocycles. The number of hydrogen-bond acceptors (Lipinski definition) is 5. The van der Waals surface area contributed by atoms with Crippen LogP contribution in [0.25, 0.3) is 0 Å². The molecule has 7 nitrogen and oxygen atoms in total. The number of thiocarbonyl (C=S) groups is 1. The zero-order chi connectivity index (χ0) is 15.1. The molecule has 0 radical (unpaired) electrons. The third-order valence-corrected chi connectivity index (χ3v) is 2.74. The van der Waals surface area contributed by atoms with Crippen LogP contribution in [0.5, 0.6) is 0 Å². The molecule has 2 aromatic rings. The van der Waals surface area contributed by atoms with E-state index in [1.54, 1.807) is 30.5 Å². The molecule has 0 unspecified atom stereocenters. The Morgan fingerprint density at radius 1 is 1.38 bits per heavy atom. The van der Waals surface area contributed by atoms with Gasteiger partial charge in [0.1, 0.15) is 5.76 Å². The number of nitro benzene ring substituents is 1. The van der Waals surface area contributed by atoms with Gasteiger partial charge in [-0.1, -0.05) is 12.1 Å². The zero-order valence-corrected chi connectivity index (χ0v) is 11.7. The van der Waals surface area contributed by atoms with Crippen LogP contribution in [0.4, 0.5) is 5.69 Å². The lowest BCUT2D eigenvalue weighted by Gasteiger charge is -2.04. The maximum Gasteiger partial charge on any atom is 0.278 e. The second-order valence-corrected chi connectivity index (χ2v) is 4.36. The normalized spacial score (nSPS) is 10.5. The van der Waals surface area contributed by atoms with Gasteiger partial charge in [0.25, 0.3) is 5.69 Å². The van der Waals surface area contributed by atoms with Crippen molar-refractivity contribution in [1.29, 1.82) is 0 Å². The molecule has 1 aromatic carbocycles. The first-order valence-electron chi connectivity index (χ1n) is 5.99. The molecule has 0 atom stereocenters. The molecule has 0 aliphatic rings. The van der Waals surface area contributed by atoms with E-state index in [2.05, 4.69) is 15.8 Å². The monoisotopic (exact) mass is 304 g/mol. The third kappa shape index (κ3) is 4.39. The van der Waals surface area contributed by atoms with Crippen molar-refractivity contribution in [2.45, 2.75) is 6.54 Å². The van der Waals surface area contributed by atoms with Crippen LogP contribution in [0.1, 0.15) is 11.3 Å². The molecule has 0 aliphatic carbocycles. The molecule has 1 aromatic heterocycles. The van der Waals surface area contributed by atoms with Gasteiger partial charge in [-0.15, -0.1) is 0 Å². The van der Waals surface area contributed by atoms with Crippen molar-refractivity contribution in [3.05, 3.63) is 64.1 Å². The summed E-state index contributed by atoms with van der Waals surface area (Å²) in [6.07, 6.45) is 2.92. The summed E-state index contributed by atoms with van der Waals surface area (Å²) in [4.78, 5) is 10.4. The third-order valence-electron chi connectivity index (χ3n) is 2.51. The maximum absolute atomic E-state index is 10.8. The molecule has 8 heteroatoms. The first-order valence-corrected chi connectivity index (χ1v) is 6.40. The highest BCUT2D eigenvalue weighted by atomic mass is 32.1. The van der Waals surface area contributed by atoms with Gasteiger partial charge in [0.05, 0.1) is 29.5 Å². The van der Waals surface area contributed by atoms with E-state index in [0.29, 0.717) is 17.2 Å². The van der Waals surface area contributed by atoms with Gasteiger partial charge in [0.2, 0.25) is 0 Å². The van der Waals surface area contributed by atoms with Gasteiger partial charge in [0, 0.05) is 6.07 Å². The number of furan rings is 1. The second-order valence-electron chi connectivity index (χ2n) is 3.95. The molecule has 0 aliphatic heterocycles. The fourth-order valence-electron chi connectivity index (χ4n) is 1.54. The Labute approximate surface area is 125 Å². The van der Waals surface area contributed by atoms with Crippen LogP contribution in [0, 0.1) is 10.1 Å². The summed E-state index contributed by atoms with van der Waals surface area (Å²) in [6, 6.07) is 9.89. The number of benzene rings is 1. The number of nitrogens with one attached hydrogen (secondary N) is 2. The van der Waals surface area contributed by atoms with Crippen LogP contribution in [0.15, 0.2) is 52.2 Å². The Morgan fingerprint density at radius 3 is 2.90 bits per heavy atom. The summed E-state index contributed by atoms with van der Waals surface area (Å²) in [5.41, 5.74) is 2.96. The van der Waals surface area contributed by atoms with E-state index in [1.807, 2.05) is 6.07 Å². The summed E-state index contributed by atoms with van der Waals surface area (Å²) in [5.74, 6) is 0.738. The topological polar surface area (TPSA) is 92.7 Å². The predicted octanol–water partition coefficient (Wildman–Crippen LogP) is 2.19. The van der Waals surface area contributed by atoms with E-state index in [0.717, 1.165) is 5.76 Å².